The van der Waals surface area contributed by atoms with Crippen LogP contribution in [0.3, 0.4) is 0 Å². The van der Waals surface area contributed by atoms with E-state index in [1.54, 1.807) is 29.9 Å². The summed E-state index contributed by atoms with van der Waals surface area (Å²) in [6, 6.07) is 4.11. The third-order valence-electron chi connectivity index (χ3n) is 4.49. The molecule has 0 atom stereocenters. The van der Waals surface area contributed by atoms with Crippen LogP contribution in [-0.4, -0.2) is 46.6 Å². The van der Waals surface area contributed by atoms with Gasteiger partial charge in [0, 0.05) is 50.8 Å². The van der Waals surface area contributed by atoms with E-state index in [9.17, 15) is 0 Å². The molecule has 1 aliphatic heterocycles. The van der Waals surface area contributed by atoms with Crippen LogP contribution < -0.4 is 15.8 Å². The molecule has 1 aliphatic rings. The first-order chi connectivity index (χ1) is 12.8. The molecule has 7 nitrogen and oxygen atoms in total. The van der Waals surface area contributed by atoms with Gasteiger partial charge in [-0.1, -0.05) is 6.07 Å². The Balaban J connectivity index is 1.61. The van der Waals surface area contributed by atoms with E-state index < -0.39 is 0 Å². The molecule has 0 aliphatic carbocycles. The average molecular weight is 367 g/mol. The highest BCUT2D eigenvalue weighted by molar-refractivity contribution is 7.13. The predicted molar refractivity (Wildman–Crippen MR) is 104 cm³/mol. The smallest absolute Gasteiger partial charge is 0.225 e. The minimum absolute atomic E-state index is 0.646. The first-order valence-electron chi connectivity index (χ1n) is 8.65. The Kier molecular flexibility index (Phi) is 5.14. The molecule has 0 saturated carbocycles. The zero-order valence-corrected chi connectivity index (χ0v) is 15.4. The van der Waals surface area contributed by atoms with Crippen molar-refractivity contribution < 1.29 is 0 Å². The maximum absolute atomic E-state index is 4.86. The molecule has 0 unspecified atom stereocenters. The van der Waals surface area contributed by atoms with Crippen molar-refractivity contribution in [3.05, 3.63) is 42.3 Å². The molecule has 3 aromatic rings. The van der Waals surface area contributed by atoms with Crippen molar-refractivity contribution in [2.75, 3.05) is 31.6 Å². The monoisotopic (exact) mass is 367 g/mol. The average Bonchev–Trinajstić information content (AvgIpc) is 3.40. The summed E-state index contributed by atoms with van der Waals surface area (Å²) in [4.78, 5) is 21.3. The van der Waals surface area contributed by atoms with Gasteiger partial charge in [-0.25, -0.2) is 9.97 Å². The van der Waals surface area contributed by atoms with Gasteiger partial charge in [0.2, 0.25) is 5.95 Å². The lowest BCUT2D eigenvalue weighted by atomic mass is 10.1. The molecule has 0 bridgehead atoms. The fourth-order valence-electron chi connectivity index (χ4n) is 2.97. The van der Waals surface area contributed by atoms with Crippen LogP contribution in [0, 0.1) is 5.92 Å². The molecule has 0 spiro atoms. The van der Waals surface area contributed by atoms with Crippen LogP contribution in [0.1, 0.15) is 6.42 Å². The first-order valence-corrected chi connectivity index (χ1v) is 9.53. The molecular formula is C18H21N7S. The van der Waals surface area contributed by atoms with Crippen molar-refractivity contribution >= 4 is 17.3 Å². The summed E-state index contributed by atoms with van der Waals surface area (Å²) < 4.78 is 0. The zero-order valence-electron chi connectivity index (χ0n) is 14.6. The van der Waals surface area contributed by atoms with Crippen molar-refractivity contribution in [1.82, 2.24) is 30.8 Å². The van der Waals surface area contributed by atoms with E-state index in [4.69, 9.17) is 4.98 Å². The fourth-order valence-corrected chi connectivity index (χ4v) is 3.70. The number of aromatic nitrogens is 4. The normalized spacial score (nSPS) is 14.7. The molecule has 4 rings (SSSR count). The van der Waals surface area contributed by atoms with Crippen LogP contribution in [0.5, 0.6) is 0 Å². The van der Waals surface area contributed by atoms with Crippen molar-refractivity contribution in [1.29, 1.82) is 0 Å². The second-order valence-corrected chi connectivity index (χ2v) is 7.29. The van der Waals surface area contributed by atoms with Crippen LogP contribution >= 0.6 is 11.3 Å². The van der Waals surface area contributed by atoms with Gasteiger partial charge in [0.15, 0.2) is 0 Å². The van der Waals surface area contributed by atoms with Gasteiger partial charge in [-0.2, -0.15) is 0 Å². The van der Waals surface area contributed by atoms with E-state index in [1.165, 1.54) is 0 Å². The Bertz CT molecular complexity index is 832. The van der Waals surface area contributed by atoms with E-state index >= 15 is 0 Å². The van der Waals surface area contributed by atoms with Gasteiger partial charge in [-0.3, -0.25) is 20.8 Å². The van der Waals surface area contributed by atoms with Crippen LogP contribution in [0.2, 0.25) is 0 Å². The van der Waals surface area contributed by atoms with Crippen LogP contribution in [-0.2, 0) is 0 Å². The lowest BCUT2D eigenvalue weighted by Crippen LogP contribution is -2.24. The third kappa shape index (κ3) is 3.72. The number of nitrogens with one attached hydrogen (secondary N) is 2. The van der Waals surface area contributed by atoms with E-state index in [2.05, 4.69) is 42.1 Å². The van der Waals surface area contributed by atoms with E-state index in [0.717, 1.165) is 53.8 Å². The summed E-state index contributed by atoms with van der Waals surface area (Å²) in [5, 5.41) is 2.06. The summed E-state index contributed by atoms with van der Waals surface area (Å²) in [6.07, 6.45) is 8.07. The number of hydrogen-bond donors (Lipinski definition) is 2. The van der Waals surface area contributed by atoms with Gasteiger partial charge < -0.3 is 4.90 Å². The lowest BCUT2D eigenvalue weighted by molar-refractivity contribution is 0.554. The van der Waals surface area contributed by atoms with Gasteiger partial charge >= 0.3 is 0 Å². The zero-order chi connectivity index (χ0) is 17.8. The molecule has 1 saturated heterocycles. The SMILES string of the molecule is CN(CCC1CNNC1)c1ncc(-c2cnccn2)c(-c2cccs2)n1. The molecule has 26 heavy (non-hydrogen) atoms. The number of thiophene rings is 1. The molecule has 0 radical (unpaired) electrons. The summed E-state index contributed by atoms with van der Waals surface area (Å²) >= 11 is 1.67. The van der Waals surface area contributed by atoms with E-state index in [0.29, 0.717) is 5.92 Å². The van der Waals surface area contributed by atoms with Crippen LogP contribution in [0.25, 0.3) is 21.8 Å². The van der Waals surface area contributed by atoms with Crippen molar-refractivity contribution in [3.8, 4) is 21.8 Å². The molecule has 134 valence electrons. The van der Waals surface area contributed by atoms with Crippen molar-refractivity contribution in [3.63, 3.8) is 0 Å². The van der Waals surface area contributed by atoms with Gasteiger partial charge in [0.05, 0.1) is 22.5 Å². The highest BCUT2D eigenvalue weighted by atomic mass is 32.1. The second-order valence-electron chi connectivity index (χ2n) is 6.34. The summed E-state index contributed by atoms with van der Waals surface area (Å²) in [6.45, 7) is 2.95. The van der Waals surface area contributed by atoms with Gasteiger partial charge in [0.1, 0.15) is 0 Å². The summed E-state index contributed by atoms with van der Waals surface area (Å²) in [7, 11) is 2.05. The van der Waals surface area contributed by atoms with Crippen LogP contribution in [0.15, 0.2) is 42.3 Å². The molecule has 8 heteroatoms. The highest BCUT2D eigenvalue weighted by Gasteiger charge is 2.18. The number of anilines is 1. The van der Waals surface area contributed by atoms with Crippen molar-refractivity contribution in [2.24, 2.45) is 5.92 Å². The Morgan fingerprint density at radius 3 is 2.81 bits per heavy atom. The Morgan fingerprint density at radius 1 is 1.19 bits per heavy atom. The topological polar surface area (TPSA) is 78.9 Å². The molecule has 1 fully saturated rings. The highest BCUT2D eigenvalue weighted by Crippen LogP contribution is 2.32. The molecule has 0 aromatic carbocycles. The number of rotatable bonds is 6. The summed E-state index contributed by atoms with van der Waals surface area (Å²) in [5.41, 5.74) is 8.95. The van der Waals surface area contributed by atoms with E-state index in [-0.39, 0.29) is 0 Å². The minimum atomic E-state index is 0.646. The molecule has 4 heterocycles. The number of hydrazine groups is 1. The van der Waals surface area contributed by atoms with E-state index in [1.807, 2.05) is 19.3 Å². The Labute approximate surface area is 156 Å². The van der Waals surface area contributed by atoms with Gasteiger partial charge in [-0.15, -0.1) is 11.3 Å². The maximum atomic E-state index is 4.86. The standard InChI is InChI=1S/C18H21N7S/c1-25(7-4-13-9-22-23-10-13)18-21-11-14(15-12-19-5-6-20-15)17(24-18)16-3-2-8-26-16/h2-3,5-6,8,11-13,22-23H,4,7,9-10H2,1H3. The maximum Gasteiger partial charge on any atom is 0.225 e. The first kappa shape index (κ1) is 17.0. The second kappa shape index (κ2) is 7.86. The predicted octanol–water partition coefficient (Wildman–Crippen LogP) is 2.21. The fraction of sp³-hybridized carbons (Fsp3) is 0.333. The lowest BCUT2D eigenvalue weighted by Gasteiger charge is -2.20. The number of hydrogen-bond acceptors (Lipinski definition) is 8. The third-order valence-corrected chi connectivity index (χ3v) is 5.37. The quantitative estimate of drug-likeness (QED) is 0.691. The van der Waals surface area contributed by atoms with Gasteiger partial charge in [0.25, 0.3) is 0 Å². The molecule has 0 amide bonds. The molecule has 2 N–H and O–H groups in total. The largest absolute Gasteiger partial charge is 0.344 e. The van der Waals surface area contributed by atoms with Crippen LogP contribution in [0.4, 0.5) is 5.95 Å². The van der Waals surface area contributed by atoms with Crippen molar-refractivity contribution in [2.45, 2.75) is 6.42 Å². The molecular weight excluding hydrogens is 346 g/mol. The Hall–Kier alpha value is -2.42. The Morgan fingerprint density at radius 2 is 2.08 bits per heavy atom. The van der Waals surface area contributed by atoms with Gasteiger partial charge in [-0.05, 0) is 23.8 Å². The number of nitrogens with zero attached hydrogens (tertiary/aromatic N) is 5. The minimum Gasteiger partial charge on any atom is -0.344 e. The molecule has 3 aromatic heterocycles. The summed E-state index contributed by atoms with van der Waals surface area (Å²) in [5.74, 6) is 1.38.